The summed E-state index contributed by atoms with van der Waals surface area (Å²) in [7, 11) is 0. The van der Waals surface area contributed by atoms with Crippen molar-refractivity contribution >= 4 is 0 Å². The van der Waals surface area contributed by atoms with Gasteiger partial charge in [-0.3, -0.25) is 0 Å². The van der Waals surface area contributed by atoms with Gasteiger partial charge in [-0.15, -0.1) is 0 Å². The van der Waals surface area contributed by atoms with Crippen molar-refractivity contribution in [2.75, 3.05) is 0 Å². The Labute approximate surface area is 147 Å². The number of aryl methyl sites for hydroxylation is 1. The summed E-state index contributed by atoms with van der Waals surface area (Å²) in [6.45, 7) is 4.38. The molecule has 0 radical (unpaired) electrons. The van der Waals surface area contributed by atoms with Crippen LogP contribution in [0.1, 0.15) is 76.3 Å². The highest BCUT2D eigenvalue weighted by Crippen LogP contribution is 2.32. The van der Waals surface area contributed by atoms with Crippen LogP contribution in [0.4, 0.5) is 4.39 Å². The monoisotopic (exact) mass is 326 g/mol. The first-order chi connectivity index (χ1) is 11.7. The number of hydrogen-bond donors (Lipinski definition) is 0. The quantitative estimate of drug-likeness (QED) is 0.511. The van der Waals surface area contributed by atoms with E-state index < -0.39 is 0 Å². The molecule has 1 aliphatic carbocycles. The molecule has 1 saturated carbocycles. The minimum Gasteiger partial charge on any atom is -0.206 e. The average molecular weight is 326 g/mol. The molecule has 0 amide bonds. The number of hydrogen-bond acceptors (Lipinski definition) is 0. The molecule has 0 N–H and O–H groups in total. The van der Waals surface area contributed by atoms with Crippen LogP contribution in [0.15, 0.2) is 30.4 Å². The van der Waals surface area contributed by atoms with Gasteiger partial charge in [0, 0.05) is 0 Å². The van der Waals surface area contributed by atoms with Crippen LogP contribution in [0.25, 0.3) is 0 Å². The smallest absolute Gasteiger partial charge is 0.139 e. The van der Waals surface area contributed by atoms with E-state index in [2.05, 4.69) is 31.8 Å². The van der Waals surface area contributed by atoms with Crippen LogP contribution in [0.2, 0.25) is 0 Å². The number of halogens is 1. The molecule has 130 valence electrons. The fourth-order valence-electron chi connectivity index (χ4n) is 3.57. The van der Waals surface area contributed by atoms with E-state index in [1.54, 1.807) is 12.1 Å². The lowest BCUT2D eigenvalue weighted by Gasteiger charge is -2.26. The number of unbranched alkanes of at least 4 members (excludes halogenated alkanes) is 1. The van der Waals surface area contributed by atoms with E-state index in [-0.39, 0.29) is 5.82 Å². The molecular formula is C23H31F. The zero-order valence-electron chi connectivity index (χ0n) is 15.3. The first-order valence-electron chi connectivity index (χ1n) is 9.69. The maximum Gasteiger partial charge on any atom is 0.139 e. The lowest BCUT2D eigenvalue weighted by atomic mass is 9.80. The minimum atomic E-state index is -0.196. The maximum atomic E-state index is 14.0. The Morgan fingerprint density at radius 3 is 2.58 bits per heavy atom. The van der Waals surface area contributed by atoms with E-state index >= 15 is 0 Å². The van der Waals surface area contributed by atoms with E-state index in [9.17, 15) is 4.39 Å². The van der Waals surface area contributed by atoms with Crippen LogP contribution in [0.5, 0.6) is 0 Å². The molecule has 1 aromatic carbocycles. The largest absolute Gasteiger partial charge is 0.206 e. The van der Waals surface area contributed by atoms with E-state index in [1.165, 1.54) is 44.9 Å². The SMILES string of the molecule is CCCC[C@H]1CC[C@H](C=CC#Cc2ccc(CCC)cc2F)CC1. The molecule has 0 heterocycles. The lowest BCUT2D eigenvalue weighted by molar-refractivity contribution is 0.291. The van der Waals surface area contributed by atoms with Crippen molar-refractivity contribution in [2.24, 2.45) is 11.8 Å². The number of rotatable bonds is 6. The van der Waals surface area contributed by atoms with Crippen molar-refractivity contribution in [3.05, 3.63) is 47.3 Å². The van der Waals surface area contributed by atoms with Crippen molar-refractivity contribution in [3.63, 3.8) is 0 Å². The topological polar surface area (TPSA) is 0 Å². The Morgan fingerprint density at radius 1 is 1.12 bits per heavy atom. The highest BCUT2D eigenvalue weighted by molar-refractivity contribution is 5.39. The highest BCUT2D eigenvalue weighted by Gasteiger charge is 2.18. The standard InChI is InChI=1S/C23H31F/c1-3-5-9-19-12-14-20(15-13-19)10-6-7-11-22-17-16-21(8-4-2)18-23(22)24/h6,10,16-20H,3-5,8-9,12-15H2,1-2H3/t19-,20-. The molecule has 1 aliphatic rings. The highest BCUT2D eigenvalue weighted by atomic mass is 19.1. The van der Waals surface area contributed by atoms with Gasteiger partial charge in [-0.2, -0.15) is 0 Å². The second-order valence-electron chi connectivity index (χ2n) is 7.12. The van der Waals surface area contributed by atoms with Gasteiger partial charge in [0.05, 0.1) is 5.56 Å². The predicted molar refractivity (Wildman–Crippen MR) is 101 cm³/mol. The fourth-order valence-corrected chi connectivity index (χ4v) is 3.57. The van der Waals surface area contributed by atoms with Gasteiger partial charge in [0.15, 0.2) is 0 Å². The summed E-state index contributed by atoms with van der Waals surface area (Å²) in [5.41, 5.74) is 1.55. The molecule has 1 aromatic rings. The zero-order valence-corrected chi connectivity index (χ0v) is 15.3. The summed E-state index contributed by atoms with van der Waals surface area (Å²) >= 11 is 0. The Bertz CT molecular complexity index is 580. The third-order valence-electron chi connectivity index (χ3n) is 5.09. The van der Waals surface area contributed by atoms with Crippen LogP contribution < -0.4 is 0 Å². The van der Waals surface area contributed by atoms with Crippen LogP contribution in [0.3, 0.4) is 0 Å². The molecule has 0 saturated heterocycles. The molecular weight excluding hydrogens is 295 g/mol. The van der Waals surface area contributed by atoms with Crippen LogP contribution in [0, 0.1) is 29.5 Å². The van der Waals surface area contributed by atoms with E-state index in [0.717, 1.165) is 24.3 Å². The molecule has 0 bridgehead atoms. The molecule has 1 fully saturated rings. The summed E-state index contributed by atoms with van der Waals surface area (Å²) in [5, 5.41) is 0. The van der Waals surface area contributed by atoms with Crippen LogP contribution in [-0.2, 0) is 6.42 Å². The van der Waals surface area contributed by atoms with E-state index in [4.69, 9.17) is 0 Å². The molecule has 0 spiro atoms. The Kier molecular flexibility index (Phi) is 8.10. The normalized spacial score (nSPS) is 20.8. The Balaban J connectivity index is 1.82. The zero-order chi connectivity index (χ0) is 17.2. The second-order valence-corrected chi connectivity index (χ2v) is 7.12. The molecule has 0 unspecified atom stereocenters. The van der Waals surface area contributed by atoms with Gasteiger partial charge >= 0.3 is 0 Å². The molecule has 1 heteroatoms. The third kappa shape index (κ3) is 6.16. The van der Waals surface area contributed by atoms with Crippen molar-refractivity contribution in [2.45, 2.75) is 71.6 Å². The van der Waals surface area contributed by atoms with Crippen molar-refractivity contribution in [1.29, 1.82) is 0 Å². The average Bonchev–Trinajstić information content (AvgIpc) is 2.60. The third-order valence-corrected chi connectivity index (χ3v) is 5.09. The first-order valence-corrected chi connectivity index (χ1v) is 9.69. The Hall–Kier alpha value is -1.55. The van der Waals surface area contributed by atoms with Gasteiger partial charge in [0.25, 0.3) is 0 Å². The summed E-state index contributed by atoms with van der Waals surface area (Å²) in [4.78, 5) is 0. The van der Waals surface area contributed by atoms with Crippen LogP contribution in [-0.4, -0.2) is 0 Å². The molecule has 0 atom stereocenters. The summed E-state index contributed by atoms with van der Waals surface area (Å²) in [5.74, 6) is 7.37. The second kappa shape index (κ2) is 10.3. The molecule has 0 nitrogen and oxygen atoms in total. The Morgan fingerprint density at radius 2 is 1.92 bits per heavy atom. The van der Waals surface area contributed by atoms with Gasteiger partial charge in [-0.05, 0) is 67.7 Å². The summed E-state index contributed by atoms with van der Waals surface area (Å²) in [6.07, 6.45) is 15.5. The number of benzene rings is 1. The predicted octanol–water partition coefficient (Wildman–Crippen LogP) is 6.68. The molecule has 24 heavy (non-hydrogen) atoms. The van der Waals surface area contributed by atoms with Gasteiger partial charge in [0.1, 0.15) is 5.82 Å². The first kappa shape index (κ1) is 18.8. The number of allylic oxidation sites excluding steroid dienone is 2. The van der Waals surface area contributed by atoms with Crippen LogP contribution >= 0.6 is 0 Å². The van der Waals surface area contributed by atoms with Gasteiger partial charge < -0.3 is 0 Å². The van der Waals surface area contributed by atoms with Crippen molar-refractivity contribution in [1.82, 2.24) is 0 Å². The summed E-state index contributed by atoms with van der Waals surface area (Å²) in [6, 6.07) is 5.41. The van der Waals surface area contributed by atoms with E-state index in [1.807, 2.05) is 12.1 Å². The maximum absolute atomic E-state index is 14.0. The van der Waals surface area contributed by atoms with Gasteiger partial charge in [-0.1, -0.05) is 63.5 Å². The van der Waals surface area contributed by atoms with Gasteiger partial charge in [0.2, 0.25) is 0 Å². The summed E-state index contributed by atoms with van der Waals surface area (Å²) < 4.78 is 14.0. The van der Waals surface area contributed by atoms with E-state index in [0.29, 0.717) is 11.5 Å². The van der Waals surface area contributed by atoms with Gasteiger partial charge in [-0.25, -0.2) is 4.39 Å². The minimum absolute atomic E-state index is 0.196. The lowest BCUT2D eigenvalue weighted by Crippen LogP contribution is -2.12. The molecule has 0 aliphatic heterocycles. The molecule has 0 aromatic heterocycles. The van der Waals surface area contributed by atoms with Crippen molar-refractivity contribution < 1.29 is 4.39 Å². The van der Waals surface area contributed by atoms with Crippen molar-refractivity contribution in [3.8, 4) is 11.8 Å². The molecule has 2 rings (SSSR count). The fraction of sp³-hybridized carbons (Fsp3) is 0.565.